The minimum atomic E-state index is 0. The van der Waals surface area contributed by atoms with E-state index >= 15 is 0 Å². The van der Waals surface area contributed by atoms with Crippen LogP contribution in [-0.4, -0.2) is 49.7 Å². The number of hydrogen-bond acceptors (Lipinski definition) is 4. The number of piperidine rings is 1. The topological polar surface area (TPSA) is 50.8 Å². The number of rotatable bonds is 6. The van der Waals surface area contributed by atoms with E-state index in [1.165, 1.54) is 12.8 Å². The first-order chi connectivity index (χ1) is 11.2. The van der Waals surface area contributed by atoms with Gasteiger partial charge in [-0.3, -0.25) is 4.79 Å². The third kappa shape index (κ3) is 4.54. The molecule has 0 spiro atoms. The minimum absolute atomic E-state index is 0. The molecule has 0 aliphatic carbocycles. The first-order valence-electron chi connectivity index (χ1n) is 8.44. The van der Waals surface area contributed by atoms with Gasteiger partial charge in [0, 0.05) is 25.2 Å². The highest BCUT2D eigenvalue weighted by atomic mass is 35.5. The number of carbonyl (C=O) groups is 1. The molecule has 1 amide bonds. The SMILES string of the molecule is COc1ccc(OCCC(=O)N(C)C2CC3CCC(C2)N3)cc1.Cl. The van der Waals surface area contributed by atoms with E-state index < -0.39 is 0 Å². The number of amides is 1. The first-order valence-corrected chi connectivity index (χ1v) is 8.44. The summed E-state index contributed by atoms with van der Waals surface area (Å²) in [6, 6.07) is 9.01. The lowest BCUT2D eigenvalue weighted by Crippen LogP contribution is -2.48. The van der Waals surface area contributed by atoms with Gasteiger partial charge in [-0.2, -0.15) is 0 Å². The van der Waals surface area contributed by atoms with Crippen LogP contribution in [0.1, 0.15) is 32.1 Å². The molecule has 3 rings (SSSR count). The monoisotopic (exact) mass is 354 g/mol. The van der Waals surface area contributed by atoms with Gasteiger partial charge in [0.2, 0.25) is 5.91 Å². The lowest BCUT2D eigenvalue weighted by atomic mass is 9.98. The van der Waals surface area contributed by atoms with Crippen molar-refractivity contribution < 1.29 is 14.3 Å². The third-order valence-electron chi connectivity index (χ3n) is 5.03. The molecule has 5 nitrogen and oxygen atoms in total. The summed E-state index contributed by atoms with van der Waals surface area (Å²) in [6.45, 7) is 0.410. The summed E-state index contributed by atoms with van der Waals surface area (Å²) in [7, 11) is 3.57. The van der Waals surface area contributed by atoms with E-state index in [1.54, 1.807) is 7.11 Å². The number of halogens is 1. The van der Waals surface area contributed by atoms with E-state index in [4.69, 9.17) is 9.47 Å². The van der Waals surface area contributed by atoms with E-state index in [1.807, 2.05) is 36.2 Å². The van der Waals surface area contributed by atoms with Crippen LogP contribution >= 0.6 is 12.4 Å². The number of methoxy groups -OCH3 is 1. The van der Waals surface area contributed by atoms with Gasteiger partial charge in [-0.15, -0.1) is 12.4 Å². The predicted octanol–water partition coefficient (Wildman–Crippen LogP) is 2.63. The number of carbonyl (C=O) groups excluding carboxylic acids is 1. The summed E-state index contributed by atoms with van der Waals surface area (Å²) >= 11 is 0. The summed E-state index contributed by atoms with van der Waals surface area (Å²) in [5.74, 6) is 1.74. The summed E-state index contributed by atoms with van der Waals surface area (Å²) in [5.41, 5.74) is 0. The Morgan fingerprint density at radius 3 is 2.33 bits per heavy atom. The molecule has 2 unspecified atom stereocenters. The summed E-state index contributed by atoms with van der Waals surface area (Å²) < 4.78 is 10.8. The molecular formula is C18H27ClN2O3. The molecule has 24 heavy (non-hydrogen) atoms. The molecule has 6 heteroatoms. The predicted molar refractivity (Wildman–Crippen MR) is 96.1 cm³/mol. The second-order valence-electron chi connectivity index (χ2n) is 6.54. The maximum atomic E-state index is 12.4. The van der Waals surface area contributed by atoms with Crippen LogP contribution in [0, 0.1) is 0 Å². The third-order valence-corrected chi connectivity index (χ3v) is 5.03. The summed E-state index contributed by atoms with van der Waals surface area (Å²) in [6.07, 6.45) is 5.09. The number of nitrogens with one attached hydrogen (secondary N) is 1. The molecule has 2 heterocycles. The number of ether oxygens (including phenoxy) is 2. The minimum Gasteiger partial charge on any atom is -0.497 e. The van der Waals surface area contributed by atoms with Crippen LogP contribution < -0.4 is 14.8 Å². The summed E-state index contributed by atoms with van der Waals surface area (Å²) in [4.78, 5) is 14.3. The molecule has 2 aliphatic rings. The molecular weight excluding hydrogens is 328 g/mol. The van der Waals surface area contributed by atoms with Crippen LogP contribution in [0.25, 0.3) is 0 Å². The van der Waals surface area contributed by atoms with Crippen LogP contribution in [0.2, 0.25) is 0 Å². The fraction of sp³-hybridized carbons (Fsp3) is 0.611. The van der Waals surface area contributed by atoms with Crippen LogP contribution in [0.15, 0.2) is 24.3 Å². The Kier molecular flexibility index (Phi) is 6.75. The fourth-order valence-electron chi connectivity index (χ4n) is 3.65. The molecule has 0 radical (unpaired) electrons. The quantitative estimate of drug-likeness (QED) is 0.853. The van der Waals surface area contributed by atoms with Gasteiger partial charge in [-0.1, -0.05) is 0 Å². The molecule has 134 valence electrons. The van der Waals surface area contributed by atoms with E-state index in [0.29, 0.717) is 31.2 Å². The van der Waals surface area contributed by atoms with Crippen molar-refractivity contribution in [2.45, 2.75) is 50.2 Å². The molecule has 2 atom stereocenters. The van der Waals surface area contributed by atoms with E-state index in [2.05, 4.69) is 5.32 Å². The van der Waals surface area contributed by atoms with Gasteiger partial charge >= 0.3 is 0 Å². The maximum Gasteiger partial charge on any atom is 0.225 e. The Morgan fingerprint density at radius 2 is 1.75 bits per heavy atom. The Morgan fingerprint density at radius 1 is 1.17 bits per heavy atom. The highest BCUT2D eigenvalue weighted by Crippen LogP contribution is 2.29. The molecule has 0 aromatic heterocycles. The van der Waals surface area contributed by atoms with Crippen molar-refractivity contribution in [2.75, 3.05) is 20.8 Å². The van der Waals surface area contributed by atoms with Crippen molar-refractivity contribution in [3.63, 3.8) is 0 Å². The number of nitrogens with zero attached hydrogens (tertiary/aromatic N) is 1. The zero-order chi connectivity index (χ0) is 16.2. The maximum absolute atomic E-state index is 12.4. The average molecular weight is 355 g/mol. The Bertz CT molecular complexity index is 526. The molecule has 1 aromatic rings. The van der Waals surface area contributed by atoms with E-state index in [-0.39, 0.29) is 18.3 Å². The van der Waals surface area contributed by atoms with Gasteiger partial charge < -0.3 is 19.7 Å². The van der Waals surface area contributed by atoms with Crippen LogP contribution in [0.3, 0.4) is 0 Å². The molecule has 2 aliphatic heterocycles. The van der Waals surface area contributed by atoms with Crippen molar-refractivity contribution in [3.8, 4) is 11.5 Å². The second-order valence-corrected chi connectivity index (χ2v) is 6.54. The van der Waals surface area contributed by atoms with Crippen molar-refractivity contribution in [2.24, 2.45) is 0 Å². The fourth-order valence-corrected chi connectivity index (χ4v) is 3.65. The van der Waals surface area contributed by atoms with Crippen molar-refractivity contribution in [1.29, 1.82) is 0 Å². The Balaban J connectivity index is 0.00000208. The highest BCUT2D eigenvalue weighted by molar-refractivity contribution is 5.85. The Labute approximate surface area is 150 Å². The zero-order valence-electron chi connectivity index (χ0n) is 14.4. The number of fused-ring (bicyclic) bond motifs is 2. The largest absolute Gasteiger partial charge is 0.497 e. The lowest BCUT2D eigenvalue weighted by Gasteiger charge is -2.35. The smallest absolute Gasteiger partial charge is 0.225 e. The Hall–Kier alpha value is -1.46. The zero-order valence-corrected chi connectivity index (χ0v) is 15.2. The summed E-state index contributed by atoms with van der Waals surface area (Å²) in [5, 5.41) is 3.62. The normalized spacial score (nSPS) is 24.8. The number of hydrogen-bond donors (Lipinski definition) is 1. The lowest BCUT2D eigenvalue weighted by molar-refractivity contribution is -0.133. The first kappa shape index (κ1) is 18.9. The van der Waals surface area contributed by atoms with Gasteiger partial charge in [0.15, 0.2) is 0 Å². The van der Waals surface area contributed by atoms with Crippen LogP contribution in [-0.2, 0) is 4.79 Å². The van der Waals surface area contributed by atoms with Gasteiger partial charge in [0.1, 0.15) is 11.5 Å². The van der Waals surface area contributed by atoms with Gasteiger partial charge in [0.25, 0.3) is 0 Å². The van der Waals surface area contributed by atoms with Gasteiger partial charge in [-0.25, -0.2) is 0 Å². The molecule has 1 aromatic carbocycles. The van der Waals surface area contributed by atoms with E-state index in [0.717, 1.165) is 24.3 Å². The standard InChI is InChI=1S/C18H26N2O3.ClH/c1-20(15-11-13-3-4-14(12-15)19-13)18(21)9-10-23-17-7-5-16(22-2)6-8-17;/h5-8,13-15,19H,3-4,9-12H2,1-2H3;1H. The van der Waals surface area contributed by atoms with Gasteiger partial charge in [0.05, 0.1) is 20.1 Å². The van der Waals surface area contributed by atoms with Crippen molar-refractivity contribution >= 4 is 18.3 Å². The van der Waals surface area contributed by atoms with Crippen LogP contribution in [0.4, 0.5) is 0 Å². The molecule has 2 bridgehead atoms. The van der Waals surface area contributed by atoms with Crippen LogP contribution in [0.5, 0.6) is 11.5 Å². The average Bonchev–Trinajstić information content (AvgIpc) is 2.92. The molecule has 2 fully saturated rings. The number of benzene rings is 1. The second kappa shape index (κ2) is 8.58. The molecule has 2 saturated heterocycles. The molecule has 0 saturated carbocycles. The van der Waals surface area contributed by atoms with E-state index in [9.17, 15) is 4.79 Å². The molecule has 1 N–H and O–H groups in total. The van der Waals surface area contributed by atoms with Crippen molar-refractivity contribution in [3.05, 3.63) is 24.3 Å². The van der Waals surface area contributed by atoms with Gasteiger partial charge in [-0.05, 0) is 49.9 Å². The van der Waals surface area contributed by atoms with Crippen molar-refractivity contribution in [1.82, 2.24) is 10.2 Å². The highest BCUT2D eigenvalue weighted by Gasteiger charge is 2.36.